The fourth-order valence-electron chi connectivity index (χ4n) is 2.67. The van der Waals surface area contributed by atoms with Gasteiger partial charge in [-0.15, -0.1) is 5.10 Å². The van der Waals surface area contributed by atoms with Crippen molar-refractivity contribution in [1.29, 1.82) is 0 Å². The summed E-state index contributed by atoms with van der Waals surface area (Å²) in [4.78, 5) is 37.3. The third kappa shape index (κ3) is 4.56. The van der Waals surface area contributed by atoms with E-state index in [4.69, 9.17) is 0 Å². The van der Waals surface area contributed by atoms with E-state index in [0.717, 1.165) is 5.56 Å². The van der Waals surface area contributed by atoms with Gasteiger partial charge >= 0.3 is 11.7 Å². The van der Waals surface area contributed by atoms with Crippen LogP contribution >= 0.6 is 0 Å². The summed E-state index contributed by atoms with van der Waals surface area (Å²) < 4.78 is 2.85. The number of anilines is 1. The van der Waals surface area contributed by atoms with E-state index in [1.54, 1.807) is 50.6 Å². The quantitative estimate of drug-likeness (QED) is 0.668. The highest BCUT2D eigenvalue weighted by molar-refractivity contribution is 5.89. The monoisotopic (exact) mass is 382 g/mol. The molecule has 3 amide bonds. The van der Waals surface area contributed by atoms with Gasteiger partial charge in [0.15, 0.2) is 5.65 Å². The molecule has 9 nitrogen and oxygen atoms in total. The molecule has 0 saturated heterocycles. The largest absolute Gasteiger partial charge is 0.350 e. The maximum absolute atomic E-state index is 12.4. The van der Waals surface area contributed by atoms with Crippen molar-refractivity contribution in [2.24, 2.45) is 0 Å². The van der Waals surface area contributed by atoms with Crippen molar-refractivity contribution >= 4 is 23.3 Å². The van der Waals surface area contributed by atoms with E-state index in [1.807, 2.05) is 12.1 Å². The lowest BCUT2D eigenvalue weighted by Gasteiger charge is -2.11. The summed E-state index contributed by atoms with van der Waals surface area (Å²) in [5.74, 6) is -0.0554. The van der Waals surface area contributed by atoms with Gasteiger partial charge in [0.25, 0.3) is 0 Å². The lowest BCUT2D eigenvalue weighted by Crippen LogP contribution is -2.33. The first kappa shape index (κ1) is 19.2. The summed E-state index contributed by atoms with van der Waals surface area (Å²) in [7, 11) is 3.34. The van der Waals surface area contributed by atoms with Crippen molar-refractivity contribution in [2.45, 2.75) is 13.0 Å². The van der Waals surface area contributed by atoms with Crippen LogP contribution in [0.25, 0.3) is 5.65 Å². The van der Waals surface area contributed by atoms with E-state index in [9.17, 15) is 14.4 Å². The molecule has 0 aliphatic carbocycles. The molecule has 0 spiro atoms. The predicted molar refractivity (Wildman–Crippen MR) is 105 cm³/mol. The Morgan fingerprint density at radius 1 is 1.14 bits per heavy atom. The van der Waals surface area contributed by atoms with Crippen LogP contribution in [0.3, 0.4) is 0 Å². The fourth-order valence-corrected chi connectivity index (χ4v) is 2.67. The van der Waals surface area contributed by atoms with E-state index >= 15 is 0 Å². The summed E-state index contributed by atoms with van der Waals surface area (Å²) in [6.07, 6.45) is 1.90. The first-order valence-electron chi connectivity index (χ1n) is 8.82. The molecule has 2 heterocycles. The van der Waals surface area contributed by atoms with E-state index in [-0.39, 0.29) is 31.1 Å². The third-order valence-corrected chi connectivity index (χ3v) is 4.13. The maximum atomic E-state index is 12.4. The minimum atomic E-state index is -0.395. The Morgan fingerprint density at radius 3 is 2.71 bits per heavy atom. The Bertz CT molecular complexity index is 1050. The molecule has 9 heteroatoms. The molecule has 0 bridgehead atoms. The number of rotatable bonds is 6. The minimum absolute atomic E-state index is 0.0554. The lowest BCUT2D eigenvalue weighted by molar-refractivity contribution is -0.128. The number of benzene rings is 1. The fraction of sp³-hybridized carbons (Fsp3) is 0.263. The number of aromatic nitrogens is 3. The van der Waals surface area contributed by atoms with E-state index in [0.29, 0.717) is 11.3 Å². The highest BCUT2D eigenvalue weighted by Crippen LogP contribution is 2.11. The molecule has 0 aliphatic rings. The standard InChI is InChI=1S/C19H22N6O3/c1-23(2)17(26)9-10-20-18(27)21-15-7-5-6-14(12-15)13-25-19(28)24-11-4-3-8-16(24)22-25/h3-8,11-12H,9-10,13H2,1-2H3,(H2,20,21,27). The van der Waals surface area contributed by atoms with Crippen LogP contribution < -0.4 is 16.3 Å². The van der Waals surface area contributed by atoms with Crippen LogP contribution in [0.15, 0.2) is 53.5 Å². The molecule has 0 unspecified atom stereocenters. The zero-order valence-corrected chi connectivity index (χ0v) is 15.8. The lowest BCUT2D eigenvalue weighted by atomic mass is 10.2. The van der Waals surface area contributed by atoms with Crippen molar-refractivity contribution in [3.63, 3.8) is 0 Å². The highest BCUT2D eigenvalue weighted by atomic mass is 16.2. The summed E-state index contributed by atoms with van der Waals surface area (Å²) in [6, 6.07) is 12.1. The van der Waals surface area contributed by atoms with Gasteiger partial charge in [-0.25, -0.2) is 14.3 Å². The number of nitrogens with zero attached hydrogens (tertiary/aromatic N) is 4. The summed E-state index contributed by atoms with van der Waals surface area (Å²) >= 11 is 0. The minimum Gasteiger partial charge on any atom is -0.349 e. The predicted octanol–water partition coefficient (Wildman–Crippen LogP) is 1.14. The van der Waals surface area contributed by atoms with Crippen molar-refractivity contribution in [3.8, 4) is 0 Å². The highest BCUT2D eigenvalue weighted by Gasteiger charge is 2.09. The number of carbonyl (C=O) groups is 2. The average molecular weight is 382 g/mol. The molecule has 2 N–H and O–H groups in total. The number of nitrogens with one attached hydrogen (secondary N) is 2. The second-order valence-corrected chi connectivity index (χ2v) is 6.49. The van der Waals surface area contributed by atoms with Crippen LogP contribution in [-0.2, 0) is 11.3 Å². The van der Waals surface area contributed by atoms with Crippen molar-refractivity contribution in [3.05, 3.63) is 64.7 Å². The van der Waals surface area contributed by atoms with Gasteiger partial charge in [-0.1, -0.05) is 18.2 Å². The number of hydrogen-bond donors (Lipinski definition) is 2. The summed E-state index contributed by atoms with van der Waals surface area (Å²) in [5.41, 5.74) is 1.77. The van der Waals surface area contributed by atoms with Crippen molar-refractivity contribution in [2.75, 3.05) is 26.0 Å². The Hall–Kier alpha value is -3.62. The molecular weight excluding hydrogens is 360 g/mol. The van der Waals surface area contributed by atoms with Gasteiger partial charge in [0.2, 0.25) is 5.91 Å². The summed E-state index contributed by atoms with van der Waals surface area (Å²) in [5, 5.41) is 9.67. The second kappa shape index (κ2) is 8.38. The first-order valence-corrected chi connectivity index (χ1v) is 8.82. The van der Waals surface area contributed by atoms with Gasteiger partial charge in [0, 0.05) is 38.9 Å². The molecule has 2 aromatic heterocycles. The zero-order chi connectivity index (χ0) is 20.1. The zero-order valence-electron chi connectivity index (χ0n) is 15.8. The number of hydrogen-bond acceptors (Lipinski definition) is 4. The Labute approximate surface area is 161 Å². The molecule has 0 atom stereocenters. The topological polar surface area (TPSA) is 101 Å². The SMILES string of the molecule is CN(C)C(=O)CCNC(=O)Nc1cccc(Cn2nc3ccccn3c2=O)c1. The van der Waals surface area contributed by atoms with Crippen molar-refractivity contribution in [1.82, 2.24) is 24.4 Å². The van der Waals surface area contributed by atoms with Gasteiger partial charge in [0.1, 0.15) is 0 Å². The average Bonchev–Trinajstić information content (AvgIpc) is 2.98. The number of pyridine rings is 1. The molecular formula is C19H22N6O3. The van der Waals surface area contributed by atoms with Gasteiger partial charge < -0.3 is 15.5 Å². The number of carbonyl (C=O) groups excluding carboxylic acids is 2. The van der Waals surface area contributed by atoms with E-state index in [1.165, 1.54) is 14.0 Å². The summed E-state index contributed by atoms with van der Waals surface area (Å²) in [6.45, 7) is 0.536. The van der Waals surface area contributed by atoms with Crippen LogP contribution in [0.5, 0.6) is 0 Å². The molecule has 1 aromatic carbocycles. The van der Waals surface area contributed by atoms with Gasteiger partial charge in [0.05, 0.1) is 6.54 Å². The Morgan fingerprint density at radius 2 is 1.96 bits per heavy atom. The van der Waals surface area contributed by atoms with Gasteiger partial charge in [-0.05, 0) is 29.8 Å². The third-order valence-electron chi connectivity index (χ3n) is 4.13. The Balaban J connectivity index is 1.62. The molecule has 146 valence electrons. The van der Waals surface area contributed by atoms with E-state index < -0.39 is 6.03 Å². The molecule has 0 saturated carbocycles. The molecule has 28 heavy (non-hydrogen) atoms. The van der Waals surface area contributed by atoms with Crippen LogP contribution in [0.4, 0.5) is 10.5 Å². The maximum Gasteiger partial charge on any atom is 0.350 e. The number of amides is 3. The molecule has 3 rings (SSSR count). The van der Waals surface area contributed by atoms with Crippen LogP contribution in [0.1, 0.15) is 12.0 Å². The molecule has 3 aromatic rings. The van der Waals surface area contributed by atoms with Crippen molar-refractivity contribution < 1.29 is 9.59 Å². The number of fused-ring (bicyclic) bond motifs is 1. The van der Waals surface area contributed by atoms with E-state index in [2.05, 4.69) is 15.7 Å². The molecule has 0 aliphatic heterocycles. The first-order chi connectivity index (χ1) is 13.4. The Kier molecular flexibility index (Phi) is 5.73. The second-order valence-electron chi connectivity index (χ2n) is 6.49. The van der Waals surface area contributed by atoms with Crippen LogP contribution in [0.2, 0.25) is 0 Å². The molecule has 0 radical (unpaired) electrons. The van der Waals surface area contributed by atoms with Gasteiger partial charge in [-0.3, -0.25) is 9.20 Å². The number of urea groups is 1. The van der Waals surface area contributed by atoms with Gasteiger partial charge in [-0.2, -0.15) is 0 Å². The van der Waals surface area contributed by atoms with Crippen LogP contribution in [0, 0.1) is 0 Å². The smallest absolute Gasteiger partial charge is 0.349 e. The normalized spacial score (nSPS) is 10.6. The molecule has 0 fully saturated rings. The van der Waals surface area contributed by atoms with Crippen LogP contribution in [-0.4, -0.2) is 51.7 Å².